The zero-order chi connectivity index (χ0) is 29.0. The Morgan fingerprint density at radius 3 is 2.08 bits per heavy atom. The third kappa shape index (κ3) is 27.8. The second kappa shape index (κ2) is 26.7. The zero-order valence-electron chi connectivity index (χ0n) is 24.3. The van der Waals surface area contributed by atoms with E-state index in [0.717, 1.165) is 51.4 Å². The van der Waals surface area contributed by atoms with Gasteiger partial charge in [0.05, 0.1) is 13.2 Å². The molecule has 9 nitrogen and oxygen atoms in total. The number of rotatable bonds is 27. The molecule has 2 atom stereocenters. The lowest BCUT2D eigenvalue weighted by molar-refractivity contribution is -0.147. The number of esters is 1. The van der Waals surface area contributed by atoms with Gasteiger partial charge in [-0.1, -0.05) is 83.1 Å². The van der Waals surface area contributed by atoms with Crippen molar-refractivity contribution in [1.29, 1.82) is 0 Å². The highest BCUT2D eigenvalue weighted by Crippen LogP contribution is 2.42. The van der Waals surface area contributed by atoms with E-state index in [2.05, 4.69) is 36.5 Å². The number of phosphoric ester groups is 1. The summed E-state index contributed by atoms with van der Waals surface area (Å²) in [6, 6.07) is 0. The molecule has 0 bridgehead atoms. The summed E-state index contributed by atoms with van der Waals surface area (Å²) in [5, 5.41) is 12.4. The first kappa shape index (κ1) is 37.5. The highest BCUT2D eigenvalue weighted by atomic mass is 31.2. The van der Waals surface area contributed by atoms with Crippen molar-refractivity contribution in [3.05, 3.63) is 24.3 Å². The van der Waals surface area contributed by atoms with Crippen molar-refractivity contribution < 1.29 is 37.9 Å². The molecular weight excluding hydrogens is 521 g/mol. The van der Waals surface area contributed by atoms with Gasteiger partial charge in [0.25, 0.3) is 0 Å². The molecule has 0 aliphatic carbocycles. The van der Waals surface area contributed by atoms with Gasteiger partial charge in [-0.25, -0.2) is 4.57 Å². The summed E-state index contributed by atoms with van der Waals surface area (Å²) < 4.78 is 26.2. The molecule has 39 heavy (non-hydrogen) atoms. The maximum absolute atomic E-state index is 11.9. The van der Waals surface area contributed by atoms with Gasteiger partial charge in [0, 0.05) is 19.4 Å². The van der Waals surface area contributed by atoms with Gasteiger partial charge in [-0.3, -0.25) is 18.6 Å². The molecule has 0 aromatic rings. The van der Waals surface area contributed by atoms with Gasteiger partial charge in [0.15, 0.2) is 0 Å². The molecule has 1 amide bonds. The lowest BCUT2D eigenvalue weighted by Gasteiger charge is -2.15. The topological polar surface area (TPSA) is 131 Å². The summed E-state index contributed by atoms with van der Waals surface area (Å²) in [5.74, 6) is -0.570. The van der Waals surface area contributed by atoms with E-state index in [9.17, 15) is 24.2 Å². The van der Waals surface area contributed by atoms with Crippen LogP contribution in [0, 0.1) is 0 Å². The van der Waals surface area contributed by atoms with Crippen molar-refractivity contribution in [2.75, 3.05) is 26.4 Å². The summed E-state index contributed by atoms with van der Waals surface area (Å²) in [6.07, 6.45) is 23.7. The maximum atomic E-state index is 11.9. The van der Waals surface area contributed by atoms with Crippen molar-refractivity contribution >= 4 is 19.7 Å². The van der Waals surface area contributed by atoms with Crippen LogP contribution in [-0.4, -0.2) is 54.3 Å². The van der Waals surface area contributed by atoms with Gasteiger partial charge in [0.1, 0.15) is 12.7 Å². The van der Waals surface area contributed by atoms with E-state index in [1.165, 1.54) is 32.1 Å². The van der Waals surface area contributed by atoms with E-state index >= 15 is 0 Å². The summed E-state index contributed by atoms with van der Waals surface area (Å²) in [5.41, 5.74) is 0. The van der Waals surface area contributed by atoms with Crippen LogP contribution in [0.15, 0.2) is 24.3 Å². The normalized spacial score (nSPS) is 14.1. The molecule has 0 spiro atoms. The van der Waals surface area contributed by atoms with Crippen molar-refractivity contribution in [2.45, 2.75) is 123 Å². The Labute approximate surface area is 236 Å². The van der Waals surface area contributed by atoms with E-state index in [0.29, 0.717) is 12.8 Å². The minimum atomic E-state index is -4.39. The predicted molar refractivity (Wildman–Crippen MR) is 155 cm³/mol. The average molecular weight is 576 g/mol. The molecular formula is C29H54NO8P. The van der Waals surface area contributed by atoms with Crippen LogP contribution in [0.25, 0.3) is 0 Å². The molecule has 228 valence electrons. The summed E-state index contributed by atoms with van der Waals surface area (Å²) in [4.78, 5) is 33.0. The number of ether oxygens (including phenoxy) is 1. The van der Waals surface area contributed by atoms with Gasteiger partial charge in [-0.15, -0.1) is 0 Å². The highest BCUT2D eigenvalue weighted by Gasteiger charge is 2.23. The fourth-order valence-electron chi connectivity index (χ4n) is 3.56. The Hall–Kier alpha value is -1.51. The number of hydrogen-bond acceptors (Lipinski definition) is 7. The number of aliphatic hydroxyl groups excluding tert-OH is 1. The number of aliphatic hydroxyl groups is 1. The highest BCUT2D eigenvalue weighted by molar-refractivity contribution is 7.47. The number of nitrogens with one attached hydrogen (secondary N) is 1. The first-order valence-electron chi connectivity index (χ1n) is 14.8. The quantitative estimate of drug-likeness (QED) is 0.0436. The molecule has 0 aromatic heterocycles. The molecule has 0 aliphatic rings. The minimum absolute atomic E-state index is 0.0741. The second-order valence-corrected chi connectivity index (χ2v) is 11.2. The van der Waals surface area contributed by atoms with Crippen LogP contribution < -0.4 is 5.32 Å². The molecule has 0 radical (unpaired) electrons. The molecule has 0 aromatic carbocycles. The SMILES string of the molecule is CCCCCC/C=C\C/C=C\CCCCCCCC(=O)NCCOP(=O)(O)OCC(O)COC(=O)CCCC. The Kier molecular flexibility index (Phi) is 25.7. The summed E-state index contributed by atoms with van der Waals surface area (Å²) >= 11 is 0. The number of amides is 1. The minimum Gasteiger partial charge on any atom is -0.463 e. The molecule has 0 rings (SSSR count). The number of unbranched alkanes of at least 4 members (excludes halogenated alkanes) is 10. The molecule has 0 fully saturated rings. The Bertz CT molecular complexity index is 713. The van der Waals surface area contributed by atoms with E-state index in [1.807, 2.05) is 6.92 Å². The summed E-state index contributed by atoms with van der Waals surface area (Å²) in [6.45, 7) is 3.20. The molecule has 3 N–H and O–H groups in total. The predicted octanol–water partition coefficient (Wildman–Crippen LogP) is 6.53. The van der Waals surface area contributed by atoms with Gasteiger partial charge in [-0.2, -0.15) is 0 Å². The number of allylic oxidation sites excluding steroid dienone is 4. The Morgan fingerprint density at radius 1 is 0.795 bits per heavy atom. The number of carbonyl (C=O) groups excluding carboxylic acids is 2. The molecule has 0 saturated carbocycles. The molecule has 2 unspecified atom stereocenters. The van der Waals surface area contributed by atoms with Crippen molar-refractivity contribution in [2.24, 2.45) is 0 Å². The molecule has 0 saturated heterocycles. The largest absolute Gasteiger partial charge is 0.472 e. The van der Waals surface area contributed by atoms with E-state index in [-0.39, 0.29) is 32.1 Å². The van der Waals surface area contributed by atoms with Gasteiger partial charge >= 0.3 is 13.8 Å². The Morgan fingerprint density at radius 2 is 1.41 bits per heavy atom. The first-order valence-corrected chi connectivity index (χ1v) is 16.3. The van der Waals surface area contributed by atoms with E-state index in [4.69, 9.17) is 13.8 Å². The smallest absolute Gasteiger partial charge is 0.463 e. The van der Waals surface area contributed by atoms with Crippen LogP contribution >= 0.6 is 7.82 Å². The van der Waals surface area contributed by atoms with Gasteiger partial charge in [-0.05, 0) is 44.9 Å². The molecule has 0 heterocycles. The molecule has 10 heteroatoms. The fraction of sp³-hybridized carbons (Fsp3) is 0.793. The first-order chi connectivity index (χ1) is 18.8. The Balaban J connectivity index is 3.62. The lowest BCUT2D eigenvalue weighted by atomic mass is 10.1. The monoisotopic (exact) mass is 575 g/mol. The van der Waals surface area contributed by atoms with Crippen molar-refractivity contribution in [3.63, 3.8) is 0 Å². The van der Waals surface area contributed by atoms with Crippen molar-refractivity contribution in [3.8, 4) is 0 Å². The van der Waals surface area contributed by atoms with E-state index in [1.54, 1.807) is 0 Å². The zero-order valence-corrected chi connectivity index (χ0v) is 25.2. The number of phosphoric acid groups is 1. The number of hydrogen-bond donors (Lipinski definition) is 3. The van der Waals surface area contributed by atoms with E-state index < -0.39 is 26.5 Å². The standard InChI is InChI=1S/C29H54NO8P/c1-3-5-7-8-9-10-11-12-13-14-15-16-17-18-19-20-21-28(32)30-23-24-37-39(34,35)38-26-27(31)25-36-29(33)22-6-4-2/h10-11,13-14,27,31H,3-9,12,15-26H2,1-2H3,(H,30,32)(H,34,35)/b11-10-,14-13-. The van der Waals surface area contributed by atoms with Gasteiger partial charge < -0.3 is 20.1 Å². The third-order valence-corrected chi connectivity index (χ3v) is 6.87. The summed E-state index contributed by atoms with van der Waals surface area (Å²) in [7, 11) is -4.39. The third-order valence-electron chi connectivity index (χ3n) is 5.88. The van der Waals surface area contributed by atoms with Crippen molar-refractivity contribution in [1.82, 2.24) is 5.32 Å². The second-order valence-electron chi connectivity index (χ2n) is 9.72. The van der Waals surface area contributed by atoms with Gasteiger partial charge in [0.2, 0.25) is 5.91 Å². The number of carbonyl (C=O) groups is 2. The van der Waals surface area contributed by atoms with Crippen LogP contribution in [0.4, 0.5) is 0 Å². The van der Waals surface area contributed by atoms with Crippen LogP contribution in [-0.2, 0) is 27.9 Å². The fourth-order valence-corrected chi connectivity index (χ4v) is 4.32. The van der Waals surface area contributed by atoms with Crippen LogP contribution in [0.2, 0.25) is 0 Å². The molecule has 0 aliphatic heterocycles. The van der Waals surface area contributed by atoms with Crippen LogP contribution in [0.3, 0.4) is 0 Å². The average Bonchev–Trinajstić information content (AvgIpc) is 2.91. The van der Waals surface area contributed by atoms with Crippen LogP contribution in [0.1, 0.15) is 117 Å². The maximum Gasteiger partial charge on any atom is 0.472 e. The van der Waals surface area contributed by atoms with Crippen LogP contribution in [0.5, 0.6) is 0 Å². The lowest BCUT2D eigenvalue weighted by Crippen LogP contribution is -2.27.